The average Bonchev–Trinajstić information content (AvgIpc) is 2.51. The predicted molar refractivity (Wildman–Crippen MR) is 89.1 cm³/mol. The SMILES string of the molecule is NC(=O)c1ccc(SCC(=O)C23CC4CC(CC(C4)C2)C3)nc1. The molecule has 23 heavy (non-hydrogen) atoms. The molecule has 4 aliphatic rings. The molecule has 4 fully saturated rings. The van der Waals surface area contributed by atoms with Gasteiger partial charge in [-0.1, -0.05) is 11.8 Å². The average molecular weight is 330 g/mol. The Morgan fingerprint density at radius 2 is 1.74 bits per heavy atom. The molecule has 5 rings (SSSR count). The fraction of sp³-hybridized carbons (Fsp3) is 0.611. The second kappa shape index (κ2) is 5.62. The molecule has 0 unspecified atom stereocenters. The Morgan fingerprint density at radius 1 is 1.13 bits per heavy atom. The molecule has 1 aromatic heterocycles. The van der Waals surface area contributed by atoms with Crippen molar-refractivity contribution < 1.29 is 9.59 Å². The molecule has 0 radical (unpaired) electrons. The third-order valence-electron chi connectivity index (χ3n) is 6.00. The van der Waals surface area contributed by atoms with E-state index in [9.17, 15) is 9.59 Å². The summed E-state index contributed by atoms with van der Waals surface area (Å²) in [5.41, 5.74) is 5.59. The van der Waals surface area contributed by atoms with Gasteiger partial charge in [-0.15, -0.1) is 0 Å². The second-order valence-electron chi connectivity index (χ2n) is 7.66. The van der Waals surface area contributed by atoms with Gasteiger partial charge in [0.25, 0.3) is 0 Å². The van der Waals surface area contributed by atoms with Gasteiger partial charge in [-0.25, -0.2) is 4.98 Å². The van der Waals surface area contributed by atoms with Crippen LogP contribution < -0.4 is 5.73 Å². The van der Waals surface area contributed by atoms with Crippen LogP contribution in [0.1, 0.15) is 48.9 Å². The number of Topliss-reactive ketones (excluding diaryl/α,β-unsaturated/α-hetero) is 1. The smallest absolute Gasteiger partial charge is 0.250 e. The molecule has 122 valence electrons. The lowest BCUT2D eigenvalue weighted by Gasteiger charge is -2.56. The van der Waals surface area contributed by atoms with E-state index in [4.69, 9.17) is 5.73 Å². The quantitative estimate of drug-likeness (QED) is 0.842. The number of pyridine rings is 1. The number of rotatable bonds is 5. The third kappa shape index (κ3) is 2.80. The number of hydrogen-bond donors (Lipinski definition) is 1. The maximum absolute atomic E-state index is 12.9. The summed E-state index contributed by atoms with van der Waals surface area (Å²) in [6.07, 6.45) is 8.91. The Hall–Kier alpha value is -1.36. The van der Waals surface area contributed by atoms with E-state index in [-0.39, 0.29) is 5.41 Å². The van der Waals surface area contributed by atoms with Gasteiger partial charge >= 0.3 is 0 Å². The van der Waals surface area contributed by atoms with Crippen molar-refractivity contribution in [2.45, 2.75) is 43.6 Å². The minimum absolute atomic E-state index is 0.0328. The van der Waals surface area contributed by atoms with E-state index in [0.29, 0.717) is 17.1 Å². The topological polar surface area (TPSA) is 73.1 Å². The summed E-state index contributed by atoms with van der Waals surface area (Å²) >= 11 is 1.49. The third-order valence-corrected chi connectivity index (χ3v) is 6.95. The Balaban J connectivity index is 1.41. The number of nitrogens with two attached hydrogens (primary N) is 1. The normalized spacial score (nSPS) is 34.5. The van der Waals surface area contributed by atoms with Crippen molar-refractivity contribution in [3.63, 3.8) is 0 Å². The molecule has 0 aliphatic heterocycles. The fourth-order valence-corrected chi connectivity index (χ4v) is 6.23. The minimum Gasteiger partial charge on any atom is -0.366 e. The zero-order valence-corrected chi connectivity index (χ0v) is 14.0. The predicted octanol–water partition coefficient (Wildman–Crippen LogP) is 3.06. The summed E-state index contributed by atoms with van der Waals surface area (Å²) in [5, 5.41) is 0.785. The van der Waals surface area contributed by atoms with Crippen molar-refractivity contribution in [2.24, 2.45) is 28.9 Å². The number of ketones is 1. The van der Waals surface area contributed by atoms with Crippen LogP contribution in [0.5, 0.6) is 0 Å². The van der Waals surface area contributed by atoms with Gasteiger partial charge in [0.2, 0.25) is 5.91 Å². The molecule has 0 atom stereocenters. The number of carbonyl (C=O) groups is 2. The first-order chi connectivity index (χ1) is 11.0. The van der Waals surface area contributed by atoms with E-state index >= 15 is 0 Å². The maximum Gasteiger partial charge on any atom is 0.250 e. The Bertz CT molecular complexity index is 606. The van der Waals surface area contributed by atoms with Gasteiger partial charge in [0.05, 0.1) is 16.3 Å². The zero-order valence-electron chi connectivity index (χ0n) is 13.2. The molecule has 4 bridgehead atoms. The van der Waals surface area contributed by atoms with Gasteiger partial charge in [-0.05, 0) is 68.4 Å². The van der Waals surface area contributed by atoms with Gasteiger partial charge in [-0.2, -0.15) is 0 Å². The van der Waals surface area contributed by atoms with Crippen molar-refractivity contribution in [2.75, 3.05) is 5.75 Å². The molecule has 1 heterocycles. The van der Waals surface area contributed by atoms with E-state index < -0.39 is 5.91 Å². The van der Waals surface area contributed by atoms with Crippen molar-refractivity contribution in [1.82, 2.24) is 4.98 Å². The fourth-order valence-electron chi connectivity index (χ4n) is 5.36. The lowest BCUT2D eigenvalue weighted by Crippen LogP contribution is -2.50. The summed E-state index contributed by atoms with van der Waals surface area (Å²) in [5.74, 6) is 2.82. The molecular formula is C18H22N2O2S. The molecule has 4 saturated carbocycles. The van der Waals surface area contributed by atoms with Crippen molar-refractivity contribution in [3.05, 3.63) is 23.9 Å². The van der Waals surface area contributed by atoms with Crippen LogP contribution in [-0.4, -0.2) is 22.4 Å². The first-order valence-corrected chi connectivity index (χ1v) is 9.44. The number of nitrogens with zero attached hydrogens (tertiary/aromatic N) is 1. The summed E-state index contributed by atoms with van der Waals surface area (Å²) in [6, 6.07) is 3.45. The molecule has 0 spiro atoms. The molecule has 4 aliphatic carbocycles. The van der Waals surface area contributed by atoms with Crippen molar-refractivity contribution >= 4 is 23.5 Å². The number of hydrogen-bond acceptors (Lipinski definition) is 4. The Labute approximate surface area is 140 Å². The monoisotopic (exact) mass is 330 g/mol. The number of carbonyl (C=O) groups excluding carboxylic acids is 2. The van der Waals surface area contributed by atoms with Crippen LogP contribution in [0.15, 0.2) is 23.4 Å². The highest BCUT2D eigenvalue weighted by Gasteiger charge is 2.53. The maximum atomic E-state index is 12.9. The van der Waals surface area contributed by atoms with Gasteiger partial charge in [0, 0.05) is 11.6 Å². The first-order valence-electron chi connectivity index (χ1n) is 8.46. The Kier molecular flexibility index (Phi) is 3.71. The summed E-state index contributed by atoms with van der Waals surface area (Å²) < 4.78 is 0. The van der Waals surface area contributed by atoms with E-state index in [1.54, 1.807) is 12.1 Å². The van der Waals surface area contributed by atoms with Crippen LogP contribution in [0.3, 0.4) is 0 Å². The number of primary amides is 1. The van der Waals surface area contributed by atoms with Crippen molar-refractivity contribution in [3.8, 4) is 0 Å². The highest BCUT2D eigenvalue weighted by atomic mass is 32.2. The highest BCUT2D eigenvalue weighted by Crippen LogP contribution is 2.60. The first kappa shape index (κ1) is 15.2. The molecule has 5 heteroatoms. The van der Waals surface area contributed by atoms with E-state index in [0.717, 1.165) is 42.0 Å². The lowest BCUT2D eigenvalue weighted by molar-refractivity contribution is -0.141. The molecule has 1 amide bonds. The molecule has 4 nitrogen and oxygen atoms in total. The number of amides is 1. The number of aromatic nitrogens is 1. The van der Waals surface area contributed by atoms with Crippen LogP contribution in [0, 0.1) is 23.2 Å². The van der Waals surface area contributed by atoms with Crippen LogP contribution in [0.4, 0.5) is 0 Å². The highest BCUT2D eigenvalue weighted by molar-refractivity contribution is 7.99. The molecule has 2 N–H and O–H groups in total. The van der Waals surface area contributed by atoms with E-state index in [1.165, 1.54) is 37.2 Å². The minimum atomic E-state index is -0.473. The van der Waals surface area contributed by atoms with E-state index in [1.807, 2.05) is 0 Å². The Morgan fingerprint density at radius 3 is 2.22 bits per heavy atom. The summed E-state index contributed by atoms with van der Waals surface area (Å²) in [6.45, 7) is 0. The zero-order chi connectivity index (χ0) is 16.0. The van der Waals surface area contributed by atoms with Crippen LogP contribution in [0.25, 0.3) is 0 Å². The van der Waals surface area contributed by atoms with Crippen LogP contribution in [-0.2, 0) is 4.79 Å². The molecule has 0 aromatic carbocycles. The van der Waals surface area contributed by atoms with Gasteiger partial charge in [-0.3, -0.25) is 9.59 Å². The molecule has 0 saturated heterocycles. The molecule has 1 aromatic rings. The molecular weight excluding hydrogens is 308 g/mol. The van der Waals surface area contributed by atoms with Crippen molar-refractivity contribution in [1.29, 1.82) is 0 Å². The standard InChI is InChI=1S/C18H22N2O2S/c19-17(22)14-1-2-16(20-9-14)23-10-15(21)18-6-11-3-12(7-18)5-13(4-11)8-18/h1-2,9,11-13H,3-8,10H2,(H2,19,22). The van der Waals surface area contributed by atoms with Gasteiger partial charge in [0.1, 0.15) is 5.78 Å². The summed E-state index contributed by atoms with van der Waals surface area (Å²) in [4.78, 5) is 28.2. The van der Waals surface area contributed by atoms with Gasteiger partial charge < -0.3 is 5.73 Å². The second-order valence-corrected chi connectivity index (χ2v) is 8.65. The largest absolute Gasteiger partial charge is 0.366 e. The summed E-state index contributed by atoms with van der Waals surface area (Å²) in [7, 11) is 0. The lowest BCUT2D eigenvalue weighted by atomic mass is 9.48. The van der Waals surface area contributed by atoms with Crippen LogP contribution in [0.2, 0.25) is 0 Å². The van der Waals surface area contributed by atoms with E-state index in [2.05, 4.69) is 4.98 Å². The van der Waals surface area contributed by atoms with Gasteiger partial charge in [0.15, 0.2) is 0 Å². The van der Waals surface area contributed by atoms with Crippen LogP contribution >= 0.6 is 11.8 Å². The number of thioether (sulfide) groups is 1.